The van der Waals surface area contributed by atoms with Crippen LogP contribution in [0.2, 0.25) is 0 Å². The van der Waals surface area contributed by atoms with Gasteiger partial charge in [-0.1, -0.05) is 19.4 Å². The molecule has 14 heavy (non-hydrogen) atoms. The summed E-state index contributed by atoms with van der Waals surface area (Å²) in [4.78, 5) is 4.11. The van der Waals surface area contributed by atoms with Crippen molar-refractivity contribution in [2.45, 2.75) is 38.1 Å². The van der Waals surface area contributed by atoms with E-state index in [2.05, 4.69) is 18.0 Å². The Labute approximate surface area is 85.5 Å². The second-order valence-corrected chi connectivity index (χ2v) is 4.46. The number of hydrogen-bond acceptors (Lipinski definition) is 2. The van der Waals surface area contributed by atoms with Gasteiger partial charge in [0, 0.05) is 17.9 Å². The summed E-state index contributed by atoms with van der Waals surface area (Å²) < 4.78 is 0. The lowest BCUT2D eigenvalue weighted by Gasteiger charge is -2.10. The van der Waals surface area contributed by atoms with Crippen molar-refractivity contribution in [3.63, 3.8) is 0 Å². The first kappa shape index (κ1) is 9.66. The van der Waals surface area contributed by atoms with E-state index >= 15 is 0 Å². The van der Waals surface area contributed by atoms with Gasteiger partial charge < -0.3 is 5.73 Å². The van der Waals surface area contributed by atoms with Crippen LogP contribution < -0.4 is 5.73 Å². The smallest absolute Gasteiger partial charge is 0.0300 e. The highest BCUT2D eigenvalue weighted by Gasteiger charge is 2.49. The van der Waals surface area contributed by atoms with E-state index in [1.807, 2.05) is 18.5 Å². The first-order valence-corrected chi connectivity index (χ1v) is 5.42. The summed E-state index contributed by atoms with van der Waals surface area (Å²) in [5.41, 5.74) is 7.64. The van der Waals surface area contributed by atoms with E-state index in [-0.39, 0.29) is 5.54 Å². The molecule has 2 N–H and O–H groups in total. The van der Waals surface area contributed by atoms with Gasteiger partial charge in [-0.25, -0.2) is 0 Å². The maximum atomic E-state index is 6.28. The molecule has 2 nitrogen and oxygen atoms in total. The number of rotatable bonds is 4. The van der Waals surface area contributed by atoms with Crippen LogP contribution in [0.1, 0.15) is 31.7 Å². The van der Waals surface area contributed by atoms with E-state index in [0.29, 0.717) is 0 Å². The minimum absolute atomic E-state index is 0.0824. The van der Waals surface area contributed by atoms with Gasteiger partial charge >= 0.3 is 0 Å². The molecule has 1 aromatic heterocycles. The van der Waals surface area contributed by atoms with Crippen LogP contribution >= 0.6 is 0 Å². The third-order valence-corrected chi connectivity index (χ3v) is 3.17. The van der Waals surface area contributed by atoms with Crippen LogP contribution in [-0.4, -0.2) is 10.5 Å². The number of nitrogens with zero attached hydrogens (tertiary/aromatic N) is 1. The number of hydrogen-bond donors (Lipinski definition) is 1. The molecule has 0 radical (unpaired) electrons. The second kappa shape index (κ2) is 3.70. The third kappa shape index (κ3) is 1.95. The van der Waals surface area contributed by atoms with Crippen molar-refractivity contribution in [2.75, 3.05) is 0 Å². The summed E-state index contributed by atoms with van der Waals surface area (Å²) in [6.45, 7) is 2.23. The van der Waals surface area contributed by atoms with Gasteiger partial charge in [0.1, 0.15) is 0 Å². The molecule has 1 heterocycles. The summed E-state index contributed by atoms with van der Waals surface area (Å²) in [5, 5.41) is 0. The van der Waals surface area contributed by atoms with Crippen molar-refractivity contribution in [1.82, 2.24) is 4.98 Å². The molecule has 1 aliphatic rings. The van der Waals surface area contributed by atoms with Crippen molar-refractivity contribution in [1.29, 1.82) is 0 Å². The maximum absolute atomic E-state index is 6.28. The fourth-order valence-electron chi connectivity index (χ4n) is 2.24. The summed E-state index contributed by atoms with van der Waals surface area (Å²) >= 11 is 0. The predicted octanol–water partition coefficient (Wildman–Crippen LogP) is 2.14. The van der Waals surface area contributed by atoms with Crippen LogP contribution in [0.3, 0.4) is 0 Å². The van der Waals surface area contributed by atoms with Gasteiger partial charge in [-0.05, 0) is 36.8 Å². The molecule has 2 rings (SSSR count). The Morgan fingerprint density at radius 1 is 1.64 bits per heavy atom. The van der Waals surface area contributed by atoms with Gasteiger partial charge in [0.25, 0.3) is 0 Å². The van der Waals surface area contributed by atoms with Crippen molar-refractivity contribution < 1.29 is 0 Å². The molecule has 1 saturated carbocycles. The standard InChI is InChI=1S/C12H18N2/c1-2-4-11-8-12(11,13)7-10-5-3-6-14-9-10/h3,5-6,9,11H,2,4,7-8,13H2,1H3. The molecule has 0 amide bonds. The molecule has 0 aromatic carbocycles. The minimum Gasteiger partial charge on any atom is -0.325 e. The normalized spacial score (nSPS) is 30.3. The first-order valence-electron chi connectivity index (χ1n) is 5.42. The van der Waals surface area contributed by atoms with Crippen LogP contribution in [0.15, 0.2) is 24.5 Å². The number of pyridine rings is 1. The second-order valence-electron chi connectivity index (χ2n) is 4.46. The molecule has 1 aliphatic carbocycles. The van der Waals surface area contributed by atoms with Crippen molar-refractivity contribution in [2.24, 2.45) is 11.7 Å². The molecule has 2 heteroatoms. The third-order valence-electron chi connectivity index (χ3n) is 3.17. The van der Waals surface area contributed by atoms with Gasteiger partial charge in [-0.2, -0.15) is 0 Å². The molecule has 2 unspecified atom stereocenters. The minimum atomic E-state index is 0.0824. The SMILES string of the molecule is CCCC1CC1(N)Cc1cccnc1. The van der Waals surface area contributed by atoms with Crippen LogP contribution in [-0.2, 0) is 6.42 Å². The monoisotopic (exact) mass is 190 g/mol. The summed E-state index contributed by atoms with van der Waals surface area (Å²) in [5.74, 6) is 0.743. The average molecular weight is 190 g/mol. The lowest BCUT2D eigenvalue weighted by molar-refractivity contribution is 0.555. The van der Waals surface area contributed by atoms with Crippen molar-refractivity contribution >= 4 is 0 Å². The van der Waals surface area contributed by atoms with Crippen LogP contribution in [0, 0.1) is 5.92 Å². The Balaban J connectivity index is 1.94. The Morgan fingerprint density at radius 2 is 2.50 bits per heavy atom. The zero-order valence-corrected chi connectivity index (χ0v) is 8.74. The summed E-state index contributed by atoms with van der Waals surface area (Å²) in [6.07, 6.45) is 8.44. The van der Waals surface area contributed by atoms with E-state index in [1.165, 1.54) is 24.8 Å². The topological polar surface area (TPSA) is 38.9 Å². The Hall–Kier alpha value is -0.890. The molecular weight excluding hydrogens is 172 g/mol. The molecule has 0 spiro atoms. The van der Waals surface area contributed by atoms with E-state index in [1.54, 1.807) is 0 Å². The van der Waals surface area contributed by atoms with Crippen molar-refractivity contribution in [3.05, 3.63) is 30.1 Å². The van der Waals surface area contributed by atoms with Crippen LogP contribution in [0.5, 0.6) is 0 Å². The molecule has 0 aliphatic heterocycles. The van der Waals surface area contributed by atoms with Gasteiger partial charge in [0.2, 0.25) is 0 Å². The van der Waals surface area contributed by atoms with E-state index in [0.717, 1.165) is 12.3 Å². The lowest BCUT2D eigenvalue weighted by atomic mass is 10.0. The molecule has 2 atom stereocenters. The molecular formula is C12H18N2. The Morgan fingerprint density at radius 3 is 3.14 bits per heavy atom. The first-order chi connectivity index (χ1) is 6.74. The fourth-order valence-corrected chi connectivity index (χ4v) is 2.24. The molecule has 1 fully saturated rings. The maximum Gasteiger partial charge on any atom is 0.0300 e. The van der Waals surface area contributed by atoms with Gasteiger partial charge in [0.15, 0.2) is 0 Å². The zero-order chi connectivity index (χ0) is 10.0. The number of aromatic nitrogens is 1. The highest BCUT2D eigenvalue weighted by Crippen LogP contribution is 2.46. The summed E-state index contributed by atoms with van der Waals surface area (Å²) in [6, 6.07) is 4.10. The highest BCUT2D eigenvalue weighted by molar-refractivity contribution is 5.19. The van der Waals surface area contributed by atoms with E-state index < -0.39 is 0 Å². The Kier molecular flexibility index (Phi) is 2.55. The molecule has 76 valence electrons. The average Bonchev–Trinajstić information content (AvgIpc) is 2.78. The lowest BCUT2D eigenvalue weighted by Crippen LogP contribution is -2.27. The van der Waals surface area contributed by atoms with Gasteiger partial charge in [0.05, 0.1) is 0 Å². The van der Waals surface area contributed by atoms with Crippen molar-refractivity contribution in [3.8, 4) is 0 Å². The van der Waals surface area contributed by atoms with E-state index in [4.69, 9.17) is 5.73 Å². The zero-order valence-electron chi connectivity index (χ0n) is 8.74. The predicted molar refractivity (Wildman–Crippen MR) is 57.9 cm³/mol. The highest BCUT2D eigenvalue weighted by atomic mass is 14.9. The van der Waals surface area contributed by atoms with Gasteiger partial charge in [-0.3, -0.25) is 4.98 Å². The Bertz CT molecular complexity index is 296. The fraction of sp³-hybridized carbons (Fsp3) is 0.583. The molecule has 0 bridgehead atoms. The summed E-state index contributed by atoms with van der Waals surface area (Å²) in [7, 11) is 0. The number of nitrogens with two attached hydrogens (primary N) is 1. The van der Waals surface area contributed by atoms with E-state index in [9.17, 15) is 0 Å². The van der Waals surface area contributed by atoms with Crippen LogP contribution in [0.4, 0.5) is 0 Å². The van der Waals surface area contributed by atoms with Crippen LogP contribution in [0.25, 0.3) is 0 Å². The van der Waals surface area contributed by atoms with Gasteiger partial charge in [-0.15, -0.1) is 0 Å². The molecule has 1 aromatic rings. The molecule has 0 saturated heterocycles. The largest absolute Gasteiger partial charge is 0.325 e. The quantitative estimate of drug-likeness (QED) is 0.790.